The summed E-state index contributed by atoms with van der Waals surface area (Å²) in [6.07, 6.45) is 3.35. The number of nitrogens with one attached hydrogen (secondary N) is 2. The van der Waals surface area contributed by atoms with Crippen molar-refractivity contribution in [1.82, 2.24) is 5.32 Å². The van der Waals surface area contributed by atoms with Gasteiger partial charge in [0.1, 0.15) is 5.75 Å². The highest BCUT2D eigenvalue weighted by Crippen LogP contribution is 2.21. The van der Waals surface area contributed by atoms with Gasteiger partial charge in [0.2, 0.25) is 0 Å². The average Bonchev–Trinajstić information content (AvgIpc) is 2.61. The summed E-state index contributed by atoms with van der Waals surface area (Å²) in [5.41, 5.74) is 1.32. The molecule has 0 unspecified atom stereocenters. The van der Waals surface area contributed by atoms with Crippen molar-refractivity contribution in [3.63, 3.8) is 0 Å². The molecule has 0 aliphatic rings. The van der Waals surface area contributed by atoms with Crippen molar-refractivity contribution in [1.29, 1.82) is 0 Å². The summed E-state index contributed by atoms with van der Waals surface area (Å²) in [6, 6.07) is 14.6. The summed E-state index contributed by atoms with van der Waals surface area (Å²) in [6.45, 7) is 2.85. The number of para-hydroxylation sites is 1. The lowest BCUT2D eigenvalue weighted by molar-refractivity contribution is 0.0977. The first-order valence-electron chi connectivity index (χ1n) is 8.20. The van der Waals surface area contributed by atoms with Crippen LogP contribution >= 0.6 is 28.1 Å². The molecule has 4 nitrogen and oxygen atoms in total. The first-order valence-corrected chi connectivity index (χ1v) is 9.40. The Morgan fingerprint density at radius 3 is 2.52 bits per heavy atom. The normalized spacial score (nSPS) is 10.2. The van der Waals surface area contributed by atoms with Crippen molar-refractivity contribution in [2.45, 2.75) is 26.2 Å². The number of ether oxygens (including phenoxy) is 1. The van der Waals surface area contributed by atoms with Crippen LogP contribution in [0.5, 0.6) is 5.75 Å². The summed E-state index contributed by atoms with van der Waals surface area (Å²) in [5.74, 6) is 0.503. The lowest BCUT2D eigenvalue weighted by atomic mass is 10.2. The molecule has 2 N–H and O–H groups in total. The molecule has 2 rings (SSSR count). The molecule has 0 atom stereocenters. The average molecular weight is 421 g/mol. The molecule has 2 aromatic carbocycles. The number of unbranched alkanes of at least 4 members (excludes halogenated alkanes) is 2. The summed E-state index contributed by atoms with van der Waals surface area (Å²) in [4.78, 5) is 12.2. The highest BCUT2D eigenvalue weighted by molar-refractivity contribution is 9.10. The van der Waals surface area contributed by atoms with Crippen LogP contribution in [0.4, 0.5) is 5.69 Å². The van der Waals surface area contributed by atoms with Crippen LogP contribution < -0.4 is 15.4 Å². The summed E-state index contributed by atoms with van der Waals surface area (Å²) in [7, 11) is 0. The van der Waals surface area contributed by atoms with Crippen LogP contribution in [0.25, 0.3) is 0 Å². The number of carbonyl (C=O) groups excluding carboxylic acids is 1. The zero-order valence-corrected chi connectivity index (χ0v) is 16.5. The van der Waals surface area contributed by atoms with E-state index < -0.39 is 0 Å². The van der Waals surface area contributed by atoms with Gasteiger partial charge in [-0.2, -0.15) is 0 Å². The number of rotatable bonds is 7. The summed E-state index contributed by atoms with van der Waals surface area (Å²) in [5, 5.41) is 5.91. The molecule has 132 valence electrons. The molecular weight excluding hydrogens is 400 g/mol. The molecule has 25 heavy (non-hydrogen) atoms. The summed E-state index contributed by atoms with van der Waals surface area (Å²) < 4.78 is 6.51. The van der Waals surface area contributed by atoms with E-state index in [0.29, 0.717) is 12.2 Å². The highest BCUT2D eigenvalue weighted by Gasteiger charge is 2.09. The van der Waals surface area contributed by atoms with E-state index in [1.807, 2.05) is 24.3 Å². The number of carbonyl (C=O) groups is 1. The summed E-state index contributed by atoms with van der Waals surface area (Å²) >= 11 is 8.62. The van der Waals surface area contributed by atoms with Gasteiger partial charge in [-0.25, -0.2) is 0 Å². The van der Waals surface area contributed by atoms with Gasteiger partial charge in [0.15, 0.2) is 5.11 Å². The van der Waals surface area contributed by atoms with Crippen molar-refractivity contribution < 1.29 is 9.53 Å². The lowest BCUT2D eigenvalue weighted by Crippen LogP contribution is -2.34. The van der Waals surface area contributed by atoms with Crippen LogP contribution in [-0.4, -0.2) is 17.6 Å². The fraction of sp³-hybridized carbons (Fsp3) is 0.263. The van der Waals surface area contributed by atoms with Crippen LogP contribution in [0, 0.1) is 0 Å². The van der Waals surface area contributed by atoms with Crippen LogP contribution in [0.3, 0.4) is 0 Å². The van der Waals surface area contributed by atoms with Gasteiger partial charge < -0.3 is 10.1 Å². The van der Waals surface area contributed by atoms with E-state index in [-0.39, 0.29) is 11.0 Å². The quantitative estimate of drug-likeness (QED) is 0.480. The molecule has 0 aliphatic carbocycles. The molecule has 0 heterocycles. The molecule has 0 radical (unpaired) electrons. The molecule has 0 saturated heterocycles. The predicted octanol–water partition coefficient (Wildman–Crippen LogP) is 5.14. The second-order valence-electron chi connectivity index (χ2n) is 5.47. The number of halogens is 1. The van der Waals surface area contributed by atoms with Gasteiger partial charge in [-0.05, 0) is 71.0 Å². The van der Waals surface area contributed by atoms with Crippen molar-refractivity contribution in [3.8, 4) is 5.75 Å². The van der Waals surface area contributed by atoms with Crippen LogP contribution in [0.15, 0.2) is 53.0 Å². The van der Waals surface area contributed by atoms with Crippen molar-refractivity contribution in [2.24, 2.45) is 0 Å². The molecular formula is C19H21BrN2O2S. The van der Waals surface area contributed by atoms with E-state index in [0.717, 1.165) is 35.2 Å². The van der Waals surface area contributed by atoms with Crippen LogP contribution in [0.1, 0.15) is 36.5 Å². The van der Waals surface area contributed by atoms with Gasteiger partial charge in [0, 0.05) is 10.0 Å². The fourth-order valence-electron chi connectivity index (χ4n) is 2.14. The van der Waals surface area contributed by atoms with E-state index >= 15 is 0 Å². The maximum absolute atomic E-state index is 12.2. The highest BCUT2D eigenvalue weighted by atomic mass is 79.9. The number of hydrogen-bond donors (Lipinski definition) is 2. The van der Waals surface area contributed by atoms with E-state index in [1.165, 1.54) is 0 Å². The number of anilines is 1. The second-order valence-corrected chi connectivity index (χ2v) is 6.73. The van der Waals surface area contributed by atoms with Gasteiger partial charge in [-0.3, -0.25) is 10.1 Å². The van der Waals surface area contributed by atoms with Gasteiger partial charge in [-0.15, -0.1) is 0 Å². The minimum absolute atomic E-state index is 0.247. The third-order valence-electron chi connectivity index (χ3n) is 3.48. The molecule has 0 fully saturated rings. The first-order chi connectivity index (χ1) is 12.1. The van der Waals surface area contributed by atoms with Gasteiger partial charge in [-0.1, -0.05) is 31.9 Å². The minimum Gasteiger partial charge on any atom is -0.494 e. The number of amides is 1. The molecule has 0 aromatic heterocycles. The number of benzene rings is 2. The smallest absolute Gasteiger partial charge is 0.257 e. The van der Waals surface area contributed by atoms with Crippen molar-refractivity contribution in [2.75, 3.05) is 11.9 Å². The molecule has 0 aliphatic heterocycles. The van der Waals surface area contributed by atoms with Gasteiger partial charge >= 0.3 is 0 Å². The molecule has 2 aromatic rings. The Balaban J connectivity index is 1.85. The molecule has 1 amide bonds. The van der Waals surface area contributed by atoms with E-state index in [1.54, 1.807) is 24.3 Å². The van der Waals surface area contributed by atoms with Crippen molar-refractivity contribution >= 4 is 44.9 Å². The molecule has 0 spiro atoms. The third kappa shape index (κ3) is 6.48. The van der Waals surface area contributed by atoms with Crippen LogP contribution in [-0.2, 0) is 0 Å². The van der Waals surface area contributed by atoms with E-state index in [4.69, 9.17) is 17.0 Å². The maximum Gasteiger partial charge on any atom is 0.257 e. The fourth-order valence-corrected chi connectivity index (χ4v) is 2.72. The van der Waals surface area contributed by atoms with E-state index in [9.17, 15) is 4.79 Å². The van der Waals surface area contributed by atoms with Gasteiger partial charge in [0.05, 0.1) is 12.3 Å². The largest absolute Gasteiger partial charge is 0.494 e. The lowest BCUT2D eigenvalue weighted by Gasteiger charge is -2.11. The Morgan fingerprint density at radius 1 is 1.12 bits per heavy atom. The number of thiocarbonyl (C=S) groups is 1. The molecule has 6 heteroatoms. The zero-order valence-electron chi connectivity index (χ0n) is 14.0. The Kier molecular flexibility index (Phi) is 7.88. The van der Waals surface area contributed by atoms with E-state index in [2.05, 4.69) is 33.5 Å². The minimum atomic E-state index is -0.262. The molecule has 0 bridgehead atoms. The van der Waals surface area contributed by atoms with Gasteiger partial charge in [0.25, 0.3) is 5.91 Å². The predicted molar refractivity (Wildman–Crippen MR) is 109 cm³/mol. The van der Waals surface area contributed by atoms with Crippen molar-refractivity contribution in [3.05, 3.63) is 58.6 Å². The zero-order chi connectivity index (χ0) is 18.1. The third-order valence-corrected chi connectivity index (χ3v) is 4.38. The Labute approximate surface area is 162 Å². The second kappa shape index (κ2) is 10.2. The Hall–Kier alpha value is -1.92. The Morgan fingerprint density at radius 2 is 1.84 bits per heavy atom. The topological polar surface area (TPSA) is 50.4 Å². The maximum atomic E-state index is 12.2. The standard InChI is InChI=1S/C19H21BrN2O2S/c1-2-3-6-13-24-15-11-9-14(10-12-15)18(23)22-19(25)21-17-8-5-4-7-16(17)20/h4-5,7-12H,2-3,6,13H2,1H3,(H2,21,22,23,25). The number of hydrogen-bond acceptors (Lipinski definition) is 3. The van der Waals surface area contributed by atoms with Crippen LogP contribution in [0.2, 0.25) is 0 Å². The monoisotopic (exact) mass is 420 g/mol. The first kappa shape index (κ1) is 19.4. The molecule has 0 saturated carbocycles. The Bertz CT molecular complexity index is 720. The SMILES string of the molecule is CCCCCOc1ccc(C(=O)NC(=S)Nc2ccccc2Br)cc1.